The Morgan fingerprint density at radius 3 is 2.36 bits per heavy atom. The second kappa shape index (κ2) is 3.65. The number of aliphatic hydroxyl groups is 2. The standard InChI is InChI=1S/C8H7NO5/c10-6-4-2-1-3-5(6)7(11)8(12)9(13)14/h1-4,10-12H. The lowest BCUT2D eigenvalue weighted by Crippen LogP contribution is -2.01. The molecule has 1 aromatic rings. The Morgan fingerprint density at radius 1 is 1.29 bits per heavy atom. The van der Waals surface area contributed by atoms with E-state index in [2.05, 4.69) is 0 Å². The molecule has 0 saturated carbocycles. The summed E-state index contributed by atoms with van der Waals surface area (Å²) in [5.41, 5.74) is -0.193. The average Bonchev–Trinajstić information content (AvgIpc) is 2.16. The van der Waals surface area contributed by atoms with Crippen LogP contribution in [0.1, 0.15) is 5.56 Å². The first-order valence-electron chi connectivity index (χ1n) is 3.59. The van der Waals surface area contributed by atoms with E-state index in [9.17, 15) is 15.2 Å². The number of hydrogen-bond donors (Lipinski definition) is 3. The molecule has 0 aliphatic rings. The molecule has 3 N–H and O–H groups in total. The molecule has 0 bridgehead atoms. The van der Waals surface area contributed by atoms with Gasteiger partial charge in [0.25, 0.3) is 0 Å². The van der Waals surface area contributed by atoms with Gasteiger partial charge < -0.3 is 15.3 Å². The average molecular weight is 197 g/mol. The molecule has 0 spiro atoms. The Morgan fingerprint density at radius 2 is 1.86 bits per heavy atom. The predicted octanol–water partition coefficient (Wildman–Crippen LogP) is 1.41. The molecule has 1 aromatic carbocycles. The minimum atomic E-state index is -1.40. The van der Waals surface area contributed by atoms with Crippen molar-refractivity contribution < 1.29 is 20.2 Å². The third-order valence-electron chi connectivity index (χ3n) is 1.54. The third-order valence-corrected chi connectivity index (χ3v) is 1.54. The maximum absolute atomic E-state index is 10.1. The summed E-state index contributed by atoms with van der Waals surface area (Å²) in [6, 6.07) is 5.41. The van der Waals surface area contributed by atoms with Crippen LogP contribution in [0.3, 0.4) is 0 Å². The lowest BCUT2D eigenvalue weighted by atomic mass is 10.1. The Balaban J connectivity index is 3.25. The van der Waals surface area contributed by atoms with Crippen LogP contribution in [-0.4, -0.2) is 20.2 Å². The summed E-state index contributed by atoms with van der Waals surface area (Å²) in [6.45, 7) is 0. The second-order valence-corrected chi connectivity index (χ2v) is 2.45. The van der Waals surface area contributed by atoms with Crippen molar-refractivity contribution in [3.05, 3.63) is 45.8 Å². The minimum Gasteiger partial charge on any atom is -0.507 e. The molecule has 0 radical (unpaired) electrons. The highest BCUT2D eigenvalue weighted by Gasteiger charge is 2.19. The van der Waals surface area contributed by atoms with Crippen molar-refractivity contribution in [1.29, 1.82) is 0 Å². The van der Waals surface area contributed by atoms with Gasteiger partial charge in [-0.25, -0.2) is 0 Å². The molecule has 14 heavy (non-hydrogen) atoms. The fourth-order valence-corrected chi connectivity index (χ4v) is 0.881. The molecule has 0 unspecified atom stereocenters. The summed E-state index contributed by atoms with van der Waals surface area (Å²) in [5, 5.41) is 37.2. The number of para-hydroxylation sites is 1. The van der Waals surface area contributed by atoms with Crippen LogP contribution in [0.2, 0.25) is 0 Å². The van der Waals surface area contributed by atoms with Gasteiger partial charge in [0.2, 0.25) is 5.76 Å². The van der Waals surface area contributed by atoms with Gasteiger partial charge in [0, 0.05) is 0 Å². The summed E-state index contributed by atoms with van der Waals surface area (Å²) in [6.07, 6.45) is 0. The fourth-order valence-electron chi connectivity index (χ4n) is 0.881. The number of rotatable bonds is 2. The van der Waals surface area contributed by atoms with E-state index in [1.165, 1.54) is 24.3 Å². The first-order chi connectivity index (χ1) is 6.54. The number of phenols is 1. The normalized spacial score (nSPS) is 12.0. The zero-order chi connectivity index (χ0) is 10.7. The van der Waals surface area contributed by atoms with Crippen molar-refractivity contribution >= 4 is 5.76 Å². The largest absolute Gasteiger partial charge is 0.507 e. The van der Waals surface area contributed by atoms with Crippen molar-refractivity contribution in [2.24, 2.45) is 0 Å². The Kier molecular flexibility index (Phi) is 2.57. The SMILES string of the molecule is O=[N+]([O-])C(O)=C(O)c1ccccc1O. The van der Waals surface area contributed by atoms with Gasteiger partial charge in [-0.15, -0.1) is 0 Å². The number of phenolic OH excluding ortho intramolecular Hbond substituents is 1. The van der Waals surface area contributed by atoms with Crippen LogP contribution in [0.15, 0.2) is 30.1 Å². The highest BCUT2D eigenvalue weighted by molar-refractivity contribution is 5.64. The number of aliphatic hydroxyl groups excluding tert-OH is 2. The van der Waals surface area contributed by atoms with E-state index in [1.807, 2.05) is 0 Å². The van der Waals surface area contributed by atoms with E-state index in [1.54, 1.807) is 0 Å². The lowest BCUT2D eigenvalue weighted by Gasteiger charge is -2.00. The summed E-state index contributed by atoms with van der Waals surface area (Å²) in [7, 11) is 0. The van der Waals surface area contributed by atoms with Crippen molar-refractivity contribution in [2.45, 2.75) is 0 Å². The van der Waals surface area contributed by atoms with Gasteiger partial charge in [-0.1, -0.05) is 12.1 Å². The van der Waals surface area contributed by atoms with Crippen LogP contribution >= 0.6 is 0 Å². The smallest absolute Gasteiger partial charge is 0.468 e. The van der Waals surface area contributed by atoms with E-state index in [0.717, 1.165) is 0 Å². The fraction of sp³-hybridized carbons (Fsp3) is 0. The number of nitro groups is 1. The van der Waals surface area contributed by atoms with Crippen LogP contribution in [0, 0.1) is 10.1 Å². The highest BCUT2D eigenvalue weighted by atomic mass is 16.7. The Bertz CT molecular complexity index is 398. The molecule has 74 valence electrons. The van der Waals surface area contributed by atoms with E-state index in [-0.39, 0.29) is 11.3 Å². The molecule has 0 aliphatic carbocycles. The number of hydrogen-bond acceptors (Lipinski definition) is 5. The van der Waals surface area contributed by atoms with Gasteiger partial charge in [0.15, 0.2) is 0 Å². The van der Waals surface area contributed by atoms with E-state index >= 15 is 0 Å². The number of nitrogens with zero attached hydrogens (tertiary/aromatic N) is 1. The molecule has 0 atom stereocenters. The third kappa shape index (κ3) is 1.74. The summed E-state index contributed by atoms with van der Waals surface area (Å²) < 4.78 is 0. The lowest BCUT2D eigenvalue weighted by molar-refractivity contribution is -0.458. The van der Waals surface area contributed by atoms with Crippen molar-refractivity contribution in [3.63, 3.8) is 0 Å². The van der Waals surface area contributed by atoms with Gasteiger partial charge in [-0.05, 0) is 12.1 Å². The van der Waals surface area contributed by atoms with Crippen molar-refractivity contribution in [3.8, 4) is 5.75 Å². The Labute approximate surface area is 78.5 Å². The predicted molar refractivity (Wildman–Crippen MR) is 47.3 cm³/mol. The molecule has 6 heteroatoms. The maximum Gasteiger partial charge on any atom is 0.468 e. The molecule has 0 amide bonds. The van der Waals surface area contributed by atoms with Gasteiger partial charge in [-0.2, -0.15) is 0 Å². The van der Waals surface area contributed by atoms with Crippen LogP contribution in [0.4, 0.5) is 0 Å². The molecule has 0 aromatic heterocycles. The van der Waals surface area contributed by atoms with Crippen LogP contribution < -0.4 is 0 Å². The molecule has 6 nitrogen and oxygen atoms in total. The van der Waals surface area contributed by atoms with E-state index in [0.29, 0.717) is 0 Å². The maximum atomic E-state index is 10.1. The minimum absolute atomic E-state index is 0.193. The number of benzene rings is 1. The molecule has 0 saturated heterocycles. The zero-order valence-electron chi connectivity index (χ0n) is 6.91. The molecule has 0 heterocycles. The molecule has 0 aliphatic heterocycles. The van der Waals surface area contributed by atoms with Crippen molar-refractivity contribution in [1.82, 2.24) is 0 Å². The summed E-state index contributed by atoms with van der Waals surface area (Å²) >= 11 is 0. The van der Waals surface area contributed by atoms with E-state index < -0.39 is 16.6 Å². The van der Waals surface area contributed by atoms with Crippen LogP contribution in [0.5, 0.6) is 5.75 Å². The van der Waals surface area contributed by atoms with Crippen molar-refractivity contribution in [2.75, 3.05) is 0 Å². The monoisotopic (exact) mass is 197 g/mol. The first kappa shape index (κ1) is 9.85. The Hall–Kier alpha value is -2.24. The first-order valence-corrected chi connectivity index (χ1v) is 3.59. The van der Waals surface area contributed by atoms with Crippen LogP contribution in [0.25, 0.3) is 5.76 Å². The molecular formula is C8H7NO5. The second-order valence-electron chi connectivity index (χ2n) is 2.45. The van der Waals surface area contributed by atoms with Gasteiger partial charge >= 0.3 is 5.88 Å². The molecule has 1 rings (SSSR count). The number of aromatic hydroxyl groups is 1. The van der Waals surface area contributed by atoms with E-state index in [4.69, 9.17) is 10.2 Å². The quantitative estimate of drug-likeness (QED) is 0.377. The summed E-state index contributed by atoms with van der Waals surface area (Å²) in [4.78, 5) is 8.93. The molecule has 0 fully saturated rings. The highest BCUT2D eigenvalue weighted by Crippen LogP contribution is 2.24. The van der Waals surface area contributed by atoms with Crippen LogP contribution in [-0.2, 0) is 0 Å². The van der Waals surface area contributed by atoms with Gasteiger partial charge in [0.05, 0.1) is 5.56 Å². The summed E-state index contributed by atoms with van der Waals surface area (Å²) in [5.74, 6) is -2.71. The zero-order valence-corrected chi connectivity index (χ0v) is 6.91. The van der Waals surface area contributed by atoms with Gasteiger partial charge in [0.1, 0.15) is 10.7 Å². The topological polar surface area (TPSA) is 104 Å². The molecular weight excluding hydrogens is 190 g/mol. The van der Waals surface area contributed by atoms with Gasteiger partial charge in [-0.3, -0.25) is 10.1 Å².